The van der Waals surface area contributed by atoms with E-state index >= 15 is 0 Å². The van der Waals surface area contributed by atoms with Gasteiger partial charge in [-0.15, -0.1) is 13.2 Å². The van der Waals surface area contributed by atoms with Crippen LogP contribution in [0, 0.1) is 6.92 Å². The van der Waals surface area contributed by atoms with Crippen LogP contribution in [0.15, 0.2) is 110 Å². The molecule has 4 aromatic carbocycles. The molecule has 55 heavy (non-hydrogen) atoms. The molecule has 292 valence electrons. The first-order chi connectivity index (χ1) is 26.8. The zero-order valence-electron chi connectivity index (χ0n) is 36.3. The molecule has 0 spiro atoms. The van der Waals surface area contributed by atoms with Crippen LogP contribution in [0.5, 0.6) is 0 Å². The third-order valence-electron chi connectivity index (χ3n) is 9.96. The summed E-state index contributed by atoms with van der Waals surface area (Å²) in [5.41, 5.74) is 22.8. The first-order valence-corrected chi connectivity index (χ1v) is 21.3. The van der Waals surface area contributed by atoms with Gasteiger partial charge in [0, 0.05) is 17.7 Å². The highest BCUT2D eigenvalue weighted by molar-refractivity contribution is 7.80. The number of hydrogen-bond acceptors (Lipinski definition) is 2. The lowest BCUT2D eigenvalue weighted by molar-refractivity contribution is 0.950. The number of nitrogens with zero attached hydrogens (tertiary/aromatic N) is 1. The molecule has 0 saturated carbocycles. The maximum Gasteiger partial charge on any atom is 0.0743 e. The molecule has 2 heteroatoms. The molecule has 2 aliphatic carbocycles. The average Bonchev–Trinajstić information content (AvgIpc) is 3.53. The van der Waals surface area contributed by atoms with Gasteiger partial charge in [0.05, 0.1) is 5.69 Å². The van der Waals surface area contributed by atoms with Gasteiger partial charge in [0.2, 0.25) is 0 Å². The highest BCUT2D eigenvalue weighted by Gasteiger charge is 2.28. The summed E-state index contributed by atoms with van der Waals surface area (Å²) in [6, 6.07) is 29.8. The van der Waals surface area contributed by atoms with Crippen LogP contribution in [0.2, 0.25) is 0 Å². The third kappa shape index (κ3) is 10.3. The molecule has 7 rings (SSSR count). The zero-order valence-corrected chi connectivity index (χ0v) is 37.2. The number of rotatable bonds is 6. The van der Waals surface area contributed by atoms with E-state index in [2.05, 4.69) is 159 Å². The van der Waals surface area contributed by atoms with Crippen molar-refractivity contribution in [3.63, 3.8) is 0 Å². The lowest BCUT2D eigenvalue weighted by Gasteiger charge is -2.29. The largest absolute Gasteiger partial charge is 0.256 e. The highest BCUT2D eigenvalue weighted by atomic mass is 32.1. The summed E-state index contributed by atoms with van der Waals surface area (Å²) in [7, 11) is 0. The van der Waals surface area contributed by atoms with E-state index < -0.39 is 0 Å². The van der Waals surface area contributed by atoms with Gasteiger partial charge in [-0.25, -0.2) is 0 Å². The van der Waals surface area contributed by atoms with Crippen LogP contribution >= 0.6 is 12.6 Å². The Bertz CT molecular complexity index is 2020. The molecule has 0 bridgehead atoms. The van der Waals surface area contributed by atoms with Gasteiger partial charge in [-0.3, -0.25) is 4.98 Å². The van der Waals surface area contributed by atoms with Crippen LogP contribution in [0.1, 0.15) is 139 Å². The van der Waals surface area contributed by atoms with E-state index in [1.54, 1.807) is 0 Å². The molecular weight excluding hydrogens is 683 g/mol. The van der Waals surface area contributed by atoms with Gasteiger partial charge in [0.25, 0.3) is 0 Å². The Morgan fingerprint density at radius 3 is 2.02 bits per heavy atom. The van der Waals surface area contributed by atoms with E-state index in [9.17, 15) is 0 Å². The molecule has 1 atom stereocenters. The van der Waals surface area contributed by atoms with Crippen molar-refractivity contribution in [1.29, 1.82) is 0 Å². The third-order valence-corrected chi connectivity index (χ3v) is 10.4. The van der Waals surface area contributed by atoms with E-state index in [-0.39, 0.29) is 0 Å². The number of aryl methyl sites for hydroxylation is 1. The second-order valence-corrected chi connectivity index (χ2v) is 13.7. The van der Waals surface area contributed by atoms with Crippen molar-refractivity contribution in [2.45, 2.75) is 115 Å². The minimum Gasteiger partial charge on any atom is -0.256 e. The molecule has 0 radical (unpaired) electrons. The smallest absolute Gasteiger partial charge is 0.0743 e. The fraction of sp³-hybridized carbons (Fsp3) is 0.340. The highest BCUT2D eigenvalue weighted by Crippen LogP contribution is 2.47. The summed E-state index contributed by atoms with van der Waals surface area (Å²) in [6.07, 6.45) is 8.00. The second kappa shape index (κ2) is 23.5. The Kier molecular flexibility index (Phi) is 20.0. The predicted molar refractivity (Wildman–Crippen MR) is 253 cm³/mol. The molecule has 1 aromatic heterocycles. The first kappa shape index (κ1) is 46.8. The monoisotopic (exact) mass is 752 g/mol. The van der Waals surface area contributed by atoms with Crippen molar-refractivity contribution < 1.29 is 0 Å². The van der Waals surface area contributed by atoms with Crippen molar-refractivity contribution in [2.75, 3.05) is 5.75 Å². The SMILES string of the molecule is C=C.C=Cc1c(CC)c(-c2ccc(C)cc2Cc2ccc3c(c2)-c2ncccc2C3C)cc2c1CC(=C(C)C)c1ccccc1-2.CC.CC.CC.CCCS. The molecule has 2 aliphatic rings. The summed E-state index contributed by atoms with van der Waals surface area (Å²) >= 11 is 3.92. The van der Waals surface area contributed by atoms with Crippen LogP contribution in [-0.2, 0) is 19.3 Å². The minimum atomic E-state index is 0.386. The number of aromatic nitrogens is 1. The summed E-state index contributed by atoms with van der Waals surface area (Å²) in [6.45, 7) is 35.7. The van der Waals surface area contributed by atoms with Crippen LogP contribution < -0.4 is 0 Å². The molecule has 5 aromatic rings. The van der Waals surface area contributed by atoms with Crippen molar-refractivity contribution in [1.82, 2.24) is 4.98 Å². The Hall–Kier alpha value is -4.40. The van der Waals surface area contributed by atoms with Crippen molar-refractivity contribution >= 4 is 24.3 Å². The number of hydrogen-bond donors (Lipinski definition) is 1. The molecular formula is C53H69NS. The summed E-state index contributed by atoms with van der Waals surface area (Å²) in [4.78, 5) is 4.78. The van der Waals surface area contributed by atoms with E-state index in [1.165, 1.54) is 95.5 Å². The van der Waals surface area contributed by atoms with Gasteiger partial charge >= 0.3 is 0 Å². The standard InChI is InChI=1S/C42H39N.C3H8S.3C2H6.C2H4/c1-7-30-31(8-2)39-23-37(25(3)4)35-12-9-10-13-36(35)40(39)24-38(30)34-17-15-26(5)20-29(34)21-28-16-18-32-27(6)33-14-11-19-43-42(33)41(32)22-28;1-2-3-4;4*1-2/h8-20,22,24,27H,2,7,21,23H2,1,3-6H3;4H,2-3H2,1H3;3*1-2H3;1-2H2. The molecule has 0 fully saturated rings. The Balaban J connectivity index is 0.000000787. The normalized spacial score (nSPS) is 12.3. The molecule has 1 nitrogen and oxygen atoms in total. The summed E-state index contributed by atoms with van der Waals surface area (Å²) in [5.74, 6) is 1.40. The topological polar surface area (TPSA) is 12.9 Å². The Labute approximate surface area is 342 Å². The van der Waals surface area contributed by atoms with Gasteiger partial charge in [-0.1, -0.05) is 147 Å². The Morgan fingerprint density at radius 2 is 1.42 bits per heavy atom. The van der Waals surface area contributed by atoms with E-state index in [0.717, 1.165) is 30.7 Å². The van der Waals surface area contributed by atoms with Crippen LogP contribution in [-0.4, -0.2) is 10.7 Å². The fourth-order valence-corrected chi connectivity index (χ4v) is 7.60. The van der Waals surface area contributed by atoms with E-state index in [0.29, 0.717) is 5.92 Å². The lowest BCUT2D eigenvalue weighted by atomic mass is 9.75. The minimum absolute atomic E-state index is 0.386. The van der Waals surface area contributed by atoms with Crippen molar-refractivity contribution in [2.24, 2.45) is 0 Å². The molecule has 0 N–H and O–H groups in total. The predicted octanol–water partition coefficient (Wildman–Crippen LogP) is 16.2. The number of thiol groups is 1. The van der Waals surface area contributed by atoms with Gasteiger partial charge in [0.15, 0.2) is 0 Å². The van der Waals surface area contributed by atoms with E-state index in [1.807, 2.05) is 47.7 Å². The maximum atomic E-state index is 4.78. The zero-order chi connectivity index (χ0) is 41.2. The number of pyridine rings is 1. The number of benzene rings is 4. The van der Waals surface area contributed by atoms with Gasteiger partial charge in [-0.2, -0.15) is 12.6 Å². The first-order valence-electron chi connectivity index (χ1n) is 20.7. The van der Waals surface area contributed by atoms with Crippen LogP contribution in [0.4, 0.5) is 0 Å². The molecule has 0 aliphatic heterocycles. The number of fused-ring (bicyclic) bond motifs is 6. The van der Waals surface area contributed by atoms with Crippen LogP contribution in [0.3, 0.4) is 0 Å². The van der Waals surface area contributed by atoms with Gasteiger partial charge in [-0.05, 0) is 143 Å². The summed E-state index contributed by atoms with van der Waals surface area (Å²) in [5, 5.41) is 0. The van der Waals surface area contributed by atoms with Gasteiger partial charge < -0.3 is 0 Å². The number of allylic oxidation sites excluding steroid dienone is 2. The molecule has 0 saturated heterocycles. The fourth-order valence-electron chi connectivity index (χ4n) is 7.60. The van der Waals surface area contributed by atoms with Gasteiger partial charge in [0.1, 0.15) is 0 Å². The van der Waals surface area contributed by atoms with Crippen molar-refractivity contribution in [3.8, 4) is 33.5 Å². The molecule has 1 heterocycles. The van der Waals surface area contributed by atoms with Crippen molar-refractivity contribution in [3.05, 3.63) is 160 Å². The lowest BCUT2D eigenvalue weighted by Crippen LogP contribution is -2.10. The average molecular weight is 752 g/mol. The molecule has 1 unspecified atom stereocenters. The van der Waals surface area contributed by atoms with Crippen LogP contribution in [0.25, 0.3) is 45.2 Å². The summed E-state index contributed by atoms with van der Waals surface area (Å²) < 4.78 is 0. The quantitative estimate of drug-likeness (QED) is 0.135. The molecule has 0 amide bonds. The Morgan fingerprint density at radius 1 is 0.764 bits per heavy atom. The maximum absolute atomic E-state index is 4.78. The van der Waals surface area contributed by atoms with E-state index in [4.69, 9.17) is 4.98 Å². The second-order valence-electron chi connectivity index (χ2n) is 13.2.